The normalized spacial score (nSPS) is 9.84. The molecule has 0 aliphatic carbocycles. The molecule has 0 aliphatic heterocycles. The lowest BCUT2D eigenvalue weighted by molar-refractivity contribution is 0.0953. The Balaban J connectivity index is 1.76. The average molecular weight is 255 g/mol. The third-order valence-corrected chi connectivity index (χ3v) is 2.57. The van der Waals surface area contributed by atoms with Crippen LogP contribution in [-0.2, 0) is 6.42 Å². The Morgan fingerprint density at radius 2 is 2.32 bits per heavy atom. The molecule has 2 aromatic rings. The Morgan fingerprint density at radius 1 is 1.42 bits per heavy atom. The standard InChI is InChI=1S/C13H13N5O/c14-8-11-4-3-10(9-18-11)13(19)17-5-1-2-12-15-6-7-16-12/h3-4,6-7,9H,1-2,5H2,(H,15,16)(H,17,19). The summed E-state index contributed by atoms with van der Waals surface area (Å²) in [5.74, 6) is 0.728. The van der Waals surface area contributed by atoms with Gasteiger partial charge in [0.25, 0.3) is 5.91 Å². The third-order valence-electron chi connectivity index (χ3n) is 2.57. The molecule has 19 heavy (non-hydrogen) atoms. The summed E-state index contributed by atoms with van der Waals surface area (Å²) in [6.45, 7) is 0.569. The molecular formula is C13H13N5O. The topological polar surface area (TPSA) is 94.5 Å². The van der Waals surface area contributed by atoms with Gasteiger partial charge < -0.3 is 10.3 Å². The van der Waals surface area contributed by atoms with Gasteiger partial charge in [-0.25, -0.2) is 9.97 Å². The lowest BCUT2D eigenvalue weighted by Gasteiger charge is -2.04. The van der Waals surface area contributed by atoms with Crippen molar-refractivity contribution in [3.8, 4) is 6.07 Å². The van der Waals surface area contributed by atoms with Crippen molar-refractivity contribution in [2.45, 2.75) is 12.8 Å². The Hall–Kier alpha value is -2.68. The zero-order valence-electron chi connectivity index (χ0n) is 10.3. The van der Waals surface area contributed by atoms with Gasteiger partial charge in [0, 0.05) is 31.6 Å². The maximum Gasteiger partial charge on any atom is 0.252 e. The number of nitriles is 1. The number of carbonyl (C=O) groups is 1. The highest BCUT2D eigenvalue weighted by Crippen LogP contribution is 2.00. The predicted octanol–water partition coefficient (Wildman–Crippen LogP) is 1.04. The molecule has 6 nitrogen and oxygen atoms in total. The highest BCUT2D eigenvalue weighted by atomic mass is 16.1. The summed E-state index contributed by atoms with van der Waals surface area (Å²) < 4.78 is 0. The molecule has 0 saturated heterocycles. The maximum absolute atomic E-state index is 11.7. The van der Waals surface area contributed by atoms with Gasteiger partial charge in [-0.1, -0.05) is 0 Å². The maximum atomic E-state index is 11.7. The Labute approximate surface area is 110 Å². The van der Waals surface area contributed by atoms with E-state index in [4.69, 9.17) is 5.26 Å². The van der Waals surface area contributed by atoms with Crippen molar-refractivity contribution in [1.82, 2.24) is 20.3 Å². The van der Waals surface area contributed by atoms with Crippen LogP contribution in [-0.4, -0.2) is 27.4 Å². The molecule has 0 spiro atoms. The number of hydrogen-bond donors (Lipinski definition) is 2. The molecule has 6 heteroatoms. The van der Waals surface area contributed by atoms with E-state index in [9.17, 15) is 4.79 Å². The van der Waals surface area contributed by atoms with Gasteiger partial charge in [-0.2, -0.15) is 5.26 Å². The van der Waals surface area contributed by atoms with E-state index in [-0.39, 0.29) is 5.91 Å². The molecule has 0 saturated carbocycles. The first kappa shape index (κ1) is 12.8. The molecule has 2 heterocycles. The van der Waals surface area contributed by atoms with Crippen LogP contribution in [0.5, 0.6) is 0 Å². The second-order valence-corrected chi connectivity index (χ2v) is 3.94. The van der Waals surface area contributed by atoms with Crippen LogP contribution in [0.1, 0.15) is 28.3 Å². The molecule has 1 amide bonds. The fourth-order valence-corrected chi connectivity index (χ4v) is 1.59. The van der Waals surface area contributed by atoms with Gasteiger partial charge in [0.15, 0.2) is 0 Å². The van der Waals surface area contributed by atoms with Crippen LogP contribution in [0.3, 0.4) is 0 Å². The van der Waals surface area contributed by atoms with Crippen LogP contribution in [0, 0.1) is 11.3 Å². The Bertz CT molecular complexity index is 568. The molecule has 0 atom stereocenters. The lowest BCUT2D eigenvalue weighted by atomic mass is 10.2. The van der Waals surface area contributed by atoms with E-state index in [1.165, 1.54) is 12.3 Å². The van der Waals surface area contributed by atoms with Crippen molar-refractivity contribution in [3.05, 3.63) is 47.8 Å². The van der Waals surface area contributed by atoms with Gasteiger partial charge in [-0.05, 0) is 18.6 Å². The predicted molar refractivity (Wildman–Crippen MR) is 68.2 cm³/mol. The van der Waals surface area contributed by atoms with Crippen molar-refractivity contribution in [3.63, 3.8) is 0 Å². The number of imidazole rings is 1. The van der Waals surface area contributed by atoms with Crippen molar-refractivity contribution >= 4 is 5.91 Å². The molecule has 0 aromatic carbocycles. The number of hydrogen-bond acceptors (Lipinski definition) is 4. The van der Waals surface area contributed by atoms with E-state index in [1.807, 2.05) is 6.07 Å². The number of aromatic amines is 1. The van der Waals surface area contributed by atoms with Crippen LogP contribution in [0.2, 0.25) is 0 Å². The van der Waals surface area contributed by atoms with Gasteiger partial charge in [-0.15, -0.1) is 0 Å². The molecule has 2 aromatic heterocycles. The number of carbonyl (C=O) groups excluding carboxylic acids is 1. The first-order valence-corrected chi connectivity index (χ1v) is 5.92. The average Bonchev–Trinajstić information content (AvgIpc) is 2.96. The summed E-state index contributed by atoms with van der Waals surface area (Å²) >= 11 is 0. The Kier molecular flexibility index (Phi) is 4.24. The quantitative estimate of drug-likeness (QED) is 0.780. The highest BCUT2D eigenvalue weighted by molar-refractivity contribution is 5.93. The van der Waals surface area contributed by atoms with Crippen molar-refractivity contribution in [1.29, 1.82) is 5.26 Å². The summed E-state index contributed by atoms with van der Waals surface area (Å²) in [4.78, 5) is 22.7. The fraction of sp³-hybridized carbons (Fsp3) is 0.231. The SMILES string of the molecule is N#Cc1ccc(C(=O)NCCCc2ncc[nH]2)cn1. The van der Waals surface area contributed by atoms with Crippen molar-refractivity contribution < 1.29 is 4.79 Å². The Morgan fingerprint density at radius 3 is 2.95 bits per heavy atom. The van der Waals surface area contributed by atoms with Crippen LogP contribution in [0.25, 0.3) is 0 Å². The monoisotopic (exact) mass is 255 g/mol. The molecule has 0 bridgehead atoms. The molecule has 2 rings (SSSR count). The van der Waals surface area contributed by atoms with Crippen LogP contribution >= 0.6 is 0 Å². The van der Waals surface area contributed by atoms with E-state index < -0.39 is 0 Å². The molecule has 0 fully saturated rings. The van der Waals surface area contributed by atoms with Crippen LogP contribution < -0.4 is 5.32 Å². The summed E-state index contributed by atoms with van der Waals surface area (Å²) in [5, 5.41) is 11.4. The molecule has 96 valence electrons. The number of amides is 1. The van der Waals surface area contributed by atoms with E-state index in [0.29, 0.717) is 17.8 Å². The molecule has 0 unspecified atom stereocenters. The second-order valence-electron chi connectivity index (χ2n) is 3.94. The van der Waals surface area contributed by atoms with Crippen molar-refractivity contribution in [2.24, 2.45) is 0 Å². The van der Waals surface area contributed by atoms with E-state index >= 15 is 0 Å². The van der Waals surface area contributed by atoms with E-state index in [0.717, 1.165) is 18.7 Å². The number of rotatable bonds is 5. The van der Waals surface area contributed by atoms with Gasteiger partial charge in [0.2, 0.25) is 0 Å². The largest absolute Gasteiger partial charge is 0.352 e. The second kappa shape index (κ2) is 6.31. The summed E-state index contributed by atoms with van der Waals surface area (Å²) in [6.07, 6.45) is 6.48. The fourth-order valence-electron chi connectivity index (χ4n) is 1.59. The number of nitrogens with zero attached hydrogens (tertiary/aromatic N) is 3. The first-order valence-electron chi connectivity index (χ1n) is 5.92. The van der Waals surface area contributed by atoms with E-state index in [2.05, 4.69) is 20.3 Å². The van der Waals surface area contributed by atoms with Crippen LogP contribution in [0.15, 0.2) is 30.7 Å². The van der Waals surface area contributed by atoms with Crippen molar-refractivity contribution in [2.75, 3.05) is 6.54 Å². The first-order chi connectivity index (χ1) is 9.29. The minimum atomic E-state index is -0.184. The zero-order chi connectivity index (χ0) is 13.5. The number of aromatic nitrogens is 3. The summed E-state index contributed by atoms with van der Waals surface area (Å²) in [7, 11) is 0. The smallest absolute Gasteiger partial charge is 0.252 e. The van der Waals surface area contributed by atoms with Gasteiger partial charge in [-0.3, -0.25) is 4.79 Å². The summed E-state index contributed by atoms with van der Waals surface area (Å²) in [5.41, 5.74) is 0.756. The van der Waals surface area contributed by atoms with Gasteiger partial charge in [0.05, 0.1) is 5.56 Å². The minimum Gasteiger partial charge on any atom is -0.352 e. The van der Waals surface area contributed by atoms with Crippen LogP contribution in [0.4, 0.5) is 0 Å². The summed E-state index contributed by atoms with van der Waals surface area (Å²) in [6, 6.07) is 5.02. The van der Waals surface area contributed by atoms with E-state index in [1.54, 1.807) is 18.5 Å². The number of nitrogens with one attached hydrogen (secondary N) is 2. The lowest BCUT2D eigenvalue weighted by Crippen LogP contribution is -2.25. The molecular weight excluding hydrogens is 242 g/mol. The van der Waals surface area contributed by atoms with Gasteiger partial charge in [0.1, 0.15) is 17.6 Å². The van der Waals surface area contributed by atoms with Gasteiger partial charge >= 0.3 is 0 Å². The number of aryl methyl sites for hydroxylation is 1. The molecule has 0 aliphatic rings. The minimum absolute atomic E-state index is 0.184. The zero-order valence-corrected chi connectivity index (χ0v) is 10.3. The molecule has 2 N–H and O–H groups in total. The highest BCUT2D eigenvalue weighted by Gasteiger charge is 2.05. The number of H-pyrrole nitrogens is 1. The third kappa shape index (κ3) is 3.64. The molecule has 0 radical (unpaired) electrons. The number of pyridine rings is 1.